The van der Waals surface area contributed by atoms with Crippen molar-refractivity contribution in [3.8, 4) is 0 Å². The highest BCUT2D eigenvalue weighted by atomic mass is 16.2. The molecule has 1 rings (SSSR count). The number of carbonyl (C=O) groups excluding carboxylic acids is 2. The van der Waals surface area contributed by atoms with Crippen LogP contribution in [0.1, 0.15) is 36.2 Å². The lowest BCUT2D eigenvalue weighted by Crippen LogP contribution is -2.37. The largest absolute Gasteiger partial charge is 0.368 e. The Morgan fingerprint density at radius 1 is 1.09 bits per heavy atom. The minimum absolute atomic E-state index is 0.167. The lowest BCUT2D eigenvalue weighted by molar-refractivity contribution is -0.117. The van der Waals surface area contributed by atoms with Gasteiger partial charge in [0.05, 0.1) is 13.1 Å². The van der Waals surface area contributed by atoms with E-state index in [-0.39, 0.29) is 12.5 Å². The van der Waals surface area contributed by atoms with E-state index in [1.165, 1.54) is 0 Å². The number of aliphatic imine (C=N–C) groups is 1. The minimum Gasteiger partial charge on any atom is -0.368 e. The number of nitrogens with zero attached hydrogens (tertiary/aromatic N) is 1. The monoisotopic (exact) mass is 319 g/mol. The highest BCUT2D eigenvalue weighted by Crippen LogP contribution is 2.05. The van der Waals surface area contributed by atoms with E-state index >= 15 is 0 Å². The normalized spacial score (nSPS) is 11.0. The molecule has 23 heavy (non-hydrogen) atoms. The van der Waals surface area contributed by atoms with Gasteiger partial charge in [0, 0.05) is 18.7 Å². The molecule has 0 spiro atoms. The van der Waals surface area contributed by atoms with Crippen LogP contribution in [0.4, 0.5) is 0 Å². The molecule has 5 N–H and O–H groups in total. The van der Waals surface area contributed by atoms with Crippen LogP contribution in [0.15, 0.2) is 29.3 Å². The Kier molecular flexibility index (Phi) is 8.20. The maximum Gasteiger partial charge on any atom is 0.251 e. The molecule has 0 saturated carbocycles. The molecule has 0 fully saturated rings. The summed E-state index contributed by atoms with van der Waals surface area (Å²) in [5, 5.41) is 8.85. The predicted molar refractivity (Wildman–Crippen MR) is 91.1 cm³/mol. The summed E-state index contributed by atoms with van der Waals surface area (Å²) in [6, 6.07) is 7.08. The van der Waals surface area contributed by atoms with E-state index in [0.29, 0.717) is 12.1 Å². The molecule has 0 aliphatic rings. The zero-order valence-corrected chi connectivity index (χ0v) is 13.7. The van der Waals surface area contributed by atoms with E-state index in [0.717, 1.165) is 31.0 Å². The molecule has 2 amide bonds. The second-order valence-corrected chi connectivity index (χ2v) is 4.97. The predicted octanol–water partition coefficient (Wildman–Crippen LogP) is 0.367. The fraction of sp³-hybridized carbons (Fsp3) is 0.438. The van der Waals surface area contributed by atoms with Crippen LogP contribution in [0.25, 0.3) is 0 Å². The molecule has 7 nitrogen and oxygen atoms in total. The van der Waals surface area contributed by atoms with Crippen molar-refractivity contribution in [3.05, 3.63) is 35.4 Å². The first-order chi connectivity index (χ1) is 11.1. The molecule has 0 unspecified atom stereocenters. The number of primary amides is 1. The molecular formula is C16H25N5O2. The van der Waals surface area contributed by atoms with Gasteiger partial charge in [-0.15, -0.1) is 0 Å². The molecular weight excluding hydrogens is 294 g/mol. The standard InChI is InChI=1S/C16H25N5O2/c1-3-9-19-16(18-4-2)21-10-12-5-7-13(8-6-12)15(23)20-11-14(17)22/h5-8H,3-4,9-11H2,1-2H3,(H2,17,22)(H,20,23)(H2,18,19,21). The van der Waals surface area contributed by atoms with E-state index in [1.807, 2.05) is 19.1 Å². The van der Waals surface area contributed by atoms with Gasteiger partial charge in [0.15, 0.2) is 5.96 Å². The number of nitrogens with two attached hydrogens (primary N) is 1. The minimum atomic E-state index is -0.570. The first-order valence-electron chi connectivity index (χ1n) is 7.74. The maximum atomic E-state index is 11.8. The average molecular weight is 319 g/mol. The number of nitrogens with one attached hydrogen (secondary N) is 3. The van der Waals surface area contributed by atoms with Crippen molar-refractivity contribution < 1.29 is 9.59 Å². The highest BCUT2D eigenvalue weighted by molar-refractivity contribution is 5.96. The molecule has 0 heterocycles. The van der Waals surface area contributed by atoms with Crippen molar-refractivity contribution in [1.29, 1.82) is 0 Å². The Hall–Kier alpha value is -2.57. The Morgan fingerprint density at radius 3 is 2.35 bits per heavy atom. The quantitative estimate of drug-likeness (QED) is 0.410. The number of carbonyl (C=O) groups is 2. The Morgan fingerprint density at radius 2 is 1.78 bits per heavy atom. The first kappa shape index (κ1) is 18.5. The average Bonchev–Trinajstić information content (AvgIpc) is 2.55. The van der Waals surface area contributed by atoms with Gasteiger partial charge in [-0.25, -0.2) is 4.99 Å². The Balaban J connectivity index is 2.61. The lowest BCUT2D eigenvalue weighted by atomic mass is 10.1. The topological polar surface area (TPSA) is 109 Å². The summed E-state index contributed by atoms with van der Waals surface area (Å²) in [5.74, 6) is -0.116. The van der Waals surface area contributed by atoms with Gasteiger partial charge in [-0.2, -0.15) is 0 Å². The van der Waals surface area contributed by atoms with Gasteiger partial charge in [-0.3, -0.25) is 9.59 Å². The van der Waals surface area contributed by atoms with Crippen molar-refractivity contribution in [2.75, 3.05) is 19.6 Å². The van der Waals surface area contributed by atoms with Crippen LogP contribution in [-0.2, 0) is 11.3 Å². The van der Waals surface area contributed by atoms with E-state index < -0.39 is 5.91 Å². The van der Waals surface area contributed by atoms with Gasteiger partial charge in [0.1, 0.15) is 0 Å². The maximum absolute atomic E-state index is 11.8. The van der Waals surface area contributed by atoms with Crippen LogP contribution < -0.4 is 21.7 Å². The number of rotatable bonds is 8. The van der Waals surface area contributed by atoms with Crippen molar-refractivity contribution >= 4 is 17.8 Å². The lowest BCUT2D eigenvalue weighted by Gasteiger charge is -2.10. The fourth-order valence-corrected chi connectivity index (χ4v) is 1.79. The van der Waals surface area contributed by atoms with Crippen molar-refractivity contribution in [2.24, 2.45) is 10.7 Å². The zero-order valence-electron chi connectivity index (χ0n) is 13.7. The highest BCUT2D eigenvalue weighted by Gasteiger charge is 2.06. The van der Waals surface area contributed by atoms with Crippen molar-refractivity contribution in [1.82, 2.24) is 16.0 Å². The molecule has 126 valence electrons. The molecule has 0 atom stereocenters. The summed E-state index contributed by atoms with van der Waals surface area (Å²) in [6.07, 6.45) is 1.03. The smallest absolute Gasteiger partial charge is 0.251 e. The van der Waals surface area contributed by atoms with Crippen molar-refractivity contribution in [3.63, 3.8) is 0 Å². The second-order valence-electron chi connectivity index (χ2n) is 4.97. The van der Waals surface area contributed by atoms with E-state index in [2.05, 4.69) is 27.9 Å². The van der Waals surface area contributed by atoms with Crippen LogP contribution in [0.2, 0.25) is 0 Å². The van der Waals surface area contributed by atoms with Gasteiger partial charge in [-0.1, -0.05) is 19.1 Å². The fourth-order valence-electron chi connectivity index (χ4n) is 1.79. The number of hydrogen-bond donors (Lipinski definition) is 4. The van der Waals surface area contributed by atoms with Crippen LogP contribution in [0.5, 0.6) is 0 Å². The molecule has 0 radical (unpaired) electrons. The third kappa shape index (κ3) is 7.30. The number of guanidine groups is 1. The SMILES string of the molecule is CCCNC(=NCc1ccc(C(=O)NCC(N)=O)cc1)NCC. The summed E-state index contributed by atoms with van der Waals surface area (Å²) < 4.78 is 0. The van der Waals surface area contributed by atoms with E-state index in [1.54, 1.807) is 12.1 Å². The molecule has 0 aliphatic carbocycles. The van der Waals surface area contributed by atoms with Gasteiger partial charge >= 0.3 is 0 Å². The van der Waals surface area contributed by atoms with Gasteiger partial charge < -0.3 is 21.7 Å². The summed E-state index contributed by atoms with van der Waals surface area (Å²) >= 11 is 0. The van der Waals surface area contributed by atoms with Crippen LogP contribution in [0, 0.1) is 0 Å². The first-order valence-corrected chi connectivity index (χ1v) is 7.74. The Labute approximate surface area is 136 Å². The summed E-state index contributed by atoms with van der Waals surface area (Å²) in [5.41, 5.74) is 6.46. The molecule has 1 aromatic rings. The number of hydrogen-bond acceptors (Lipinski definition) is 3. The van der Waals surface area contributed by atoms with E-state index in [9.17, 15) is 9.59 Å². The molecule has 0 aliphatic heterocycles. The molecule has 0 aromatic heterocycles. The van der Waals surface area contributed by atoms with Crippen LogP contribution >= 0.6 is 0 Å². The molecule has 0 saturated heterocycles. The van der Waals surface area contributed by atoms with E-state index in [4.69, 9.17) is 5.73 Å². The van der Waals surface area contributed by atoms with Crippen molar-refractivity contribution in [2.45, 2.75) is 26.8 Å². The summed E-state index contributed by atoms with van der Waals surface area (Å²) in [7, 11) is 0. The molecule has 7 heteroatoms. The van der Waals surface area contributed by atoms with Gasteiger partial charge in [-0.05, 0) is 31.0 Å². The third-order valence-corrected chi connectivity index (χ3v) is 2.95. The van der Waals surface area contributed by atoms with Gasteiger partial charge in [0.2, 0.25) is 5.91 Å². The second kappa shape index (κ2) is 10.2. The molecule has 0 bridgehead atoms. The molecule has 1 aromatic carbocycles. The van der Waals surface area contributed by atoms with Crippen LogP contribution in [-0.4, -0.2) is 37.4 Å². The number of benzene rings is 1. The summed E-state index contributed by atoms with van der Waals surface area (Å²) in [6.45, 7) is 6.13. The zero-order chi connectivity index (χ0) is 17.1. The third-order valence-electron chi connectivity index (χ3n) is 2.95. The van der Waals surface area contributed by atoms with Gasteiger partial charge in [0.25, 0.3) is 5.91 Å². The Bertz CT molecular complexity index is 540. The van der Waals surface area contributed by atoms with Crippen LogP contribution in [0.3, 0.4) is 0 Å². The summed E-state index contributed by atoms with van der Waals surface area (Å²) in [4.78, 5) is 26.9. The number of amides is 2.